The highest BCUT2D eigenvalue weighted by atomic mass is 16.5. The van der Waals surface area contributed by atoms with Crippen LogP contribution in [-0.2, 0) is 22.6 Å². The summed E-state index contributed by atoms with van der Waals surface area (Å²) < 4.78 is 5.62. The lowest BCUT2D eigenvalue weighted by atomic mass is 9.66. The molecule has 3 N–H and O–H groups in total. The summed E-state index contributed by atoms with van der Waals surface area (Å²) in [6.45, 7) is 1.73. The number of aromatic amines is 2. The molecule has 1 aliphatic carbocycles. The summed E-state index contributed by atoms with van der Waals surface area (Å²) in [4.78, 5) is 27.9. The van der Waals surface area contributed by atoms with Crippen molar-refractivity contribution >= 4 is 11.7 Å². The Morgan fingerprint density at radius 3 is 2.45 bits per heavy atom. The van der Waals surface area contributed by atoms with Crippen LogP contribution in [0, 0.1) is 5.92 Å². The van der Waals surface area contributed by atoms with Gasteiger partial charge in [-0.25, -0.2) is 0 Å². The lowest BCUT2D eigenvalue weighted by Crippen LogP contribution is -2.50. The van der Waals surface area contributed by atoms with Crippen LogP contribution in [0.2, 0.25) is 0 Å². The number of nitrogens with one attached hydrogen (secondary N) is 2. The molecule has 0 bridgehead atoms. The molecule has 2 aromatic carbocycles. The van der Waals surface area contributed by atoms with Gasteiger partial charge >= 0.3 is 5.97 Å². The Hall–Kier alpha value is -3.32. The van der Waals surface area contributed by atoms with E-state index in [-0.39, 0.29) is 18.6 Å². The molecule has 0 radical (unpaired) electrons. The van der Waals surface area contributed by atoms with E-state index in [2.05, 4.69) is 10.2 Å². The summed E-state index contributed by atoms with van der Waals surface area (Å²) in [5, 5.41) is 16.8. The van der Waals surface area contributed by atoms with E-state index in [4.69, 9.17) is 4.74 Å². The fourth-order valence-corrected chi connectivity index (χ4v) is 4.41. The molecule has 7 nitrogen and oxygen atoms in total. The Morgan fingerprint density at radius 2 is 1.81 bits per heavy atom. The highest BCUT2D eigenvalue weighted by molar-refractivity contribution is 5.77. The van der Waals surface area contributed by atoms with Crippen molar-refractivity contribution < 1.29 is 14.6 Å². The van der Waals surface area contributed by atoms with Crippen molar-refractivity contribution in [2.75, 3.05) is 19.0 Å². The first-order valence-electron chi connectivity index (χ1n) is 10.3. The van der Waals surface area contributed by atoms with Crippen LogP contribution in [0.15, 0.2) is 59.4 Å². The molecule has 0 saturated heterocycles. The molecule has 0 aliphatic heterocycles. The van der Waals surface area contributed by atoms with E-state index >= 15 is 0 Å². The number of esters is 1. The third-order valence-corrected chi connectivity index (χ3v) is 5.99. The van der Waals surface area contributed by atoms with Crippen molar-refractivity contribution in [1.29, 1.82) is 0 Å². The molecule has 0 amide bonds. The maximum absolute atomic E-state index is 13.3. The molecule has 3 aromatic rings. The molecule has 0 unspecified atom stereocenters. The lowest BCUT2D eigenvalue weighted by Gasteiger charge is -2.40. The average molecular weight is 421 g/mol. The number of rotatable bonds is 5. The zero-order valence-corrected chi connectivity index (χ0v) is 17.9. The highest BCUT2D eigenvalue weighted by Crippen LogP contribution is 2.44. The summed E-state index contributed by atoms with van der Waals surface area (Å²) in [7, 11) is 3.89. The molecule has 1 heterocycles. The number of aliphatic hydroxyl groups is 1. The predicted molar refractivity (Wildman–Crippen MR) is 118 cm³/mol. The number of fused-ring (bicyclic) bond motifs is 1. The molecule has 3 atom stereocenters. The van der Waals surface area contributed by atoms with Crippen LogP contribution >= 0.6 is 0 Å². The van der Waals surface area contributed by atoms with E-state index in [0.29, 0.717) is 11.3 Å². The van der Waals surface area contributed by atoms with Crippen LogP contribution in [-0.4, -0.2) is 41.0 Å². The molecular weight excluding hydrogens is 394 g/mol. The van der Waals surface area contributed by atoms with Gasteiger partial charge in [0.2, 0.25) is 0 Å². The molecule has 4 rings (SSSR count). The number of ether oxygens (including phenoxy) is 1. The summed E-state index contributed by atoms with van der Waals surface area (Å²) >= 11 is 0. The number of hydrogen-bond donors (Lipinski definition) is 3. The van der Waals surface area contributed by atoms with Crippen LogP contribution < -0.4 is 10.5 Å². The maximum atomic E-state index is 13.3. The van der Waals surface area contributed by atoms with Gasteiger partial charge in [-0.1, -0.05) is 42.5 Å². The molecule has 0 spiro atoms. The zero-order chi connectivity index (χ0) is 22.2. The first-order valence-corrected chi connectivity index (χ1v) is 10.3. The van der Waals surface area contributed by atoms with Gasteiger partial charge < -0.3 is 19.8 Å². The normalized spacial score (nSPS) is 22.6. The Bertz CT molecular complexity index is 1110. The highest BCUT2D eigenvalue weighted by Gasteiger charge is 2.51. The second kappa shape index (κ2) is 8.07. The number of anilines is 1. The smallest absolute Gasteiger partial charge is 0.313 e. The predicted octanol–water partition coefficient (Wildman–Crippen LogP) is 2.57. The zero-order valence-electron chi connectivity index (χ0n) is 17.9. The number of aromatic nitrogens is 2. The van der Waals surface area contributed by atoms with Crippen LogP contribution in [0.1, 0.15) is 35.2 Å². The summed E-state index contributed by atoms with van der Waals surface area (Å²) in [6.07, 6.45) is 0.151. The first-order chi connectivity index (χ1) is 14.8. The van der Waals surface area contributed by atoms with Crippen molar-refractivity contribution in [1.82, 2.24) is 10.2 Å². The third kappa shape index (κ3) is 4.01. The summed E-state index contributed by atoms with van der Waals surface area (Å²) in [5.74, 6) is -2.08. The molecule has 1 aromatic heterocycles. The number of carbonyl (C=O) groups excluding carboxylic acids is 1. The van der Waals surface area contributed by atoms with Gasteiger partial charge in [0.15, 0.2) is 0 Å². The number of H-pyrrole nitrogens is 2. The van der Waals surface area contributed by atoms with E-state index in [1.165, 1.54) is 0 Å². The quantitative estimate of drug-likeness (QED) is 0.550. The van der Waals surface area contributed by atoms with Gasteiger partial charge in [-0.05, 0) is 30.2 Å². The Labute approximate surface area is 180 Å². The van der Waals surface area contributed by atoms with Crippen molar-refractivity contribution in [2.24, 2.45) is 5.92 Å². The van der Waals surface area contributed by atoms with E-state index in [1.807, 2.05) is 73.6 Å². The van der Waals surface area contributed by atoms with Gasteiger partial charge in [-0.3, -0.25) is 14.7 Å². The SMILES string of the molecule is CN(C)c1ccc([C@@H]2c3c([nH][nH]c3=O)C[C@](C)(O)[C@H]2C(=O)OCc2ccccc2)cc1. The van der Waals surface area contributed by atoms with Gasteiger partial charge in [0, 0.05) is 43.4 Å². The molecule has 1 aliphatic rings. The molecular formula is C24H27N3O4. The van der Waals surface area contributed by atoms with Crippen LogP contribution in [0.25, 0.3) is 0 Å². The molecule has 7 heteroatoms. The second-order valence-corrected chi connectivity index (χ2v) is 8.54. The second-order valence-electron chi connectivity index (χ2n) is 8.54. The topological polar surface area (TPSA) is 98.4 Å². The number of benzene rings is 2. The van der Waals surface area contributed by atoms with Gasteiger partial charge in [0.1, 0.15) is 6.61 Å². The Kier molecular flexibility index (Phi) is 5.45. The van der Waals surface area contributed by atoms with E-state index in [1.54, 1.807) is 6.92 Å². The number of hydrogen-bond acceptors (Lipinski definition) is 5. The van der Waals surface area contributed by atoms with Gasteiger partial charge in [0.05, 0.1) is 11.5 Å². The largest absolute Gasteiger partial charge is 0.460 e. The molecule has 31 heavy (non-hydrogen) atoms. The lowest BCUT2D eigenvalue weighted by molar-refractivity contribution is -0.161. The van der Waals surface area contributed by atoms with E-state index < -0.39 is 23.4 Å². The summed E-state index contributed by atoms with van der Waals surface area (Å²) in [5.41, 5.74) is 2.05. The maximum Gasteiger partial charge on any atom is 0.313 e. The monoisotopic (exact) mass is 421 g/mol. The fourth-order valence-electron chi connectivity index (χ4n) is 4.41. The van der Waals surface area contributed by atoms with Crippen LogP contribution in [0.4, 0.5) is 5.69 Å². The van der Waals surface area contributed by atoms with Crippen molar-refractivity contribution in [3.8, 4) is 0 Å². The van der Waals surface area contributed by atoms with Gasteiger partial charge in [-0.15, -0.1) is 0 Å². The molecule has 0 fully saturated rings. The standard InChI is InChI=1S/C24H27N3O4/c1-24(30)13-18-20(22(28)26-25-18)19(16-9-11-17(12-10-16)27(2)3)21(24)23(29)31-14-15-7-5-4-6-8-15/h4-12,19,21,30H,13-14H2,1-3H3,(H2,25,26,28)/t19-,21-,24+/m1/s1. The van der Waals surface area contributed by atoms with Crippen LogP contribution in [0.3, 0.4) is 0 Å². The van der Waals surface area contributed by atoms with E-state index in [0.717, 1.165) is 16.8 Å². The number of carbonyl (C=O) groups is 1. The minimum Gasteiger partial charge on any atom is -0.460 e. The average Bonchev–Trinajstić information content (AvgIpc) is 3.10. The van der Waals surface area contributed by atoms with Crippen LogP contribution in [0.5, 0.6) is 0 Å². The number of nitrogens with zero attached hydrogens (tertiary/aromatic N) is 1. The fraction of sp³-hybridized carbons (Fsp3) is 0.333. The molecule has 0 saturated carbocycles. The molecule has 162 valence electrons. The third-order valence-electron chi connectivity index (χ3n) is 5.99. The van der Waals surface area contributed by atoms with Crippen molar-refractivity contribution in [3.05, 3.63) is 87.3 Å². The Balaban J connectivity index is 1.73. The summed E-state index contributed by atoms with van der Waals surface area (Å²) in [6, 6.07) is 17.1. The van der Waals surface area contributed by atoms with Gasteiger partial charge in [-0.2, -0.15) is 0 Å². The first kappa shape index (κ1) is 20.9. The minimum atomic E-state index is -1.39. The van der Waals surface area contributed by atoms with E-state index in [9.17, 15) is 14.7 Å². The van der Waals surface area contributed by atoms with Crippen molar-refractivity contribution in [2.45, 2.75) is 31.5 Å². The Morgan fingerprint density at radius 1 is 1.13 bits per heavy atom. The van der Waals surface area contributed by atoms with Crippen molar-refractivity contribution in [3.63, 3.8) is 0 Å². The minimum absolute atomic E-state index is 0.106. The van der Waals surface area contributed by atoms with Gasteiger partial charge in [0.25, 0.3) is 5.56 Å².